The standard InChI is InChI=1S/C27H29FN4O2/c1-18(33)8-4-2-7-11-23(27-30-17-25(32-27)19-9-5-3-6-10-19)31-26(34)14-20-16-29-24-15-21(28)12-13-22(20)24/h3,5-6,9-10,12-13,15-17,23,29H,2,4,7-8,11,14H2,1H3,(H,30,32)(H,31,34)/p+1/t23-/m0/s1. The molecule has 34 heavy (non-hydrogen) atoms. The smallest absolute Gasteiger partial charge is 0.275 e. The summed E-state index contributed by atoms with van der Waals surface area (Å²) in [6, 6.07) is 14.3. The van der Waals surface area contributed by atoms with Crippen LogP contribution in [0.1, 0.15) is 56.5 Å². The summed E-state index contributed by atoms with van der Waals surface area (Å²) < 4.78 is 13.5. The number of rotatable bonds is 11. The van der Waals surface area contributed by atoms with Gasteiger partial charge in [-0.3, -0.25) is 4.79 Å². The molecule has 0 fully saturated rings. The largest absolute Gasteiger partial charge is 0.361 e. The third-order valence-electron chi connectivity index (χ3n) is 6.01. The molecule has 7 heteroatoms. The highest BCUT2D eigenvalue weighted by molar-refractivity contribution is 5.89. The number of ketones is 1. The maximum absolute atomic E-state index is 13.5. The van der Waals surface area contributed by atoms with Gasteiger partial charge in [-0.25, -0.2) is 14.4 Å². The highest BCUT2D eigenvalue weighted by Gasteiger charge is 2.23. The van der Waals surface area contributed by atoms with Crippen LogP contribution in [0.3, 0.4) is 0 Å². The number of halogens is 1. The molecule has 0 saturated heterocycles. The molecule has 0 saturated carbocycles. The summed E-state index contributed by atoms with van der Waals surface area (Å²) in [5.74, 6) is 0.614. The van der Waals surface area contributed by atoms with Crippen LogP contribution in [0.4, 0.5) is 4.39 Å². The van der Waals surface area contributed by atoms with Gasteiger partial charge in [-0.05, 0) is 43.5 Å². The van der Waals surface area contributed by atoms with E-state index in [0.29, 0.717) is 11.9 Å². The Bertz CT molecular complexity index is 1260. The van der Waals surface area contributed by atoms with Gasteiger partial charge in [-0.15, -0.1) is 0 Å². The molecule has 0 aliphatic heterocycles. The minimum Gasteiger partial charge on any atom is -0.361 e. The fourth-order valence-electron chi connectivity index (χ4n) is 4.24. The molecule has 0 radical (unpaired) electrons. The first-order valence-electron chi connectivity index (χ1n) is 11.7. The zero-order valence-electron chi connectivity index (χ0n) is 19.3. The van der Waals surface area contributed by atoms with E-state index >= 15 is 0 Å². The summed E-state index contributed by atoms with van der Waals surface area (Å²) in [5, 5.41) is 4.00. The van der Waals surface area contributed by atoms with Crippen LogP contribution < -0.4 is 10.3 Å². The molecule has 4 aromatic rings. The van der Waals surface area contributed by atoms with E-state index in [1.807, 2.05) is 36.5 Å². The number of carbonyl (C=O) groups excluding carboxylic acids is 2. The number of nitrogens with one attached hydrogen (secondary N) is 4. The van der Waals surface area contributed by atoms with Gasteiger partial charge in [0.15, 0.2) is 5.69 Å². The summed E-state index contributed by atoms with van der Waals surface area (Å²) in [4.78, 5) is 34.0. The Morgan fingerprint density at radius 1 is 1.09 bits per heavy atom. The van der Waals surface area contributed by atoms with Crippen LogP contribution in [0.5, 0.6) is 0 Å². The molecule has 1 atom stereocenters. The van der Waals surface area contributed by atoms with E-state index in [1.165, 1.54) is 12.1 Å². The van der Waals surface area contributed by atoms with Crippen molar-refractivity contribution in [2.24, 2.45) is 0 Å². The van der Waals surface area contributed by atoms with Crippen molar-refractivity contribution in [3.05, 3.63) is 78.1 Å². The number of aromatic amines is 3. The minimum absolute atomic E-state index is 0.108. The molecule has 0 aliphatic carbocycles. The Labute approximate surface area is 198 Å². The molecular weight excluding hydrogens is 431 g/mol. The Morgan fingerprint density at radius 3 is 2.71 bits per heavy atom. The van der Waals surface area contributed by atoms with Gasteiger partial charge in [-0.1, -0.05) is 43.2 Å². The number of aromatic nitrogens is 3. The summed E-state index contributed by atoms with van der Waals surface area (Å²) in [7, 11) is 0. The molecule has 4 N–H and O–H groups in total. The van der Waals surface area contributed by atoms with Crippen LogP contribution in [0.25, 0.3) is 22.2 Å². The highest BCUT2D eigenvalue weighted by Crippen LogP contribution is 2.23. The van der Waals surface area contributed by atoms with Crippen LogP contribution in [0.2, 0.25) is 0 Å². The van der Waals surface area contributed by atoms with Crippen molar-refractivity contribution in [3.8, 4) is 11.3 Å². The van der Waals surface area contributed by atoms with Gasteiger partial charge in [0.25, 0.3) is 5.82 Å². The van der Waals surface area contributed by atoms with Gasteiger partial charge >= 0.3 is 0 Å². The Morgan fingerprint density at radius 2 is 1.91 bits per heavy atom. The molecule has 0 unspecified atom stereocenters. The summed E-state index contributed by atoms with van der Waals surface area (Å²) in [6.45, 7) is 1.61. The van der Waals surface area contributed by atoms with Gasteiger partial charge in [0.2, 0.25) is 5.91 Å². The number of Topliss-reactive ketones (excluding diaryl/α,β-unsaturated/α-hetero) is 1. The molecule has 0 spiro atoms. The predicted molar refractivity (Wildman–Crippen MR) is 129 cm³/mol. The Hall–Kier alpha value is -3.74. The normalized spacial score (nSPS) is 12.1. The van der Waals surface area contributed by atoms with Crippen LogP contribution in [0.15, 0.2) is 60.9 Å². The van der Waals surface area contributed by atoms with E-state index in [1.54, 1.807) is 19.2 Å². The average Bonchev–Trinajstić information content (AvgIpc) is 3.46. The van der Waals surface area contributed by atoms with Gasteiger partial charge in [0, 0.05) is 29.1 Å². The van der Waals surface area contributed by atoms with Gasteiger partial charge < -0.3 is 15.1 Å². The fourth-order valence-corrected chi connectivity index (χ4v) is 4.24. The molecule has 1 amide bonds. The van der Waals surface area contributed by atoms with Gasteiger partial charge in [-0.2, -0.15) is 0 Å². The number of amides is 1. The van der Waals surface area contributed by atoms with E-state index in [4.69, 9.17) is 0 Å². The van der Waals surface area contributed by atoms with Crippen molar-refractivity contribution in [3.63, 3.8) is 0 Å². The van der Waals surface area contributed by atoms with Crippen LogP contribution in [0, 0.1) is 5.82 Å². The lowest BCUT2D eigenvalue weighted by molar-refractivity contribution is -0.391. The highest BCUT2D eigenvalue weighted by atomic mass is 19.1. The summed E-state index contributed by atoms with van der Waals surface area (Å²) in [6.07, 6.45) is 7.86. The fraction of sp³-hybridized carbons (Fsp3) is 0.296. The first-order valence-corrected chi connectivity index (χ1v) is 11.7. The van der Waals surface area contributed by atoms with Crippen LogP contribution in [-0.4, -0.2) is 21.7 Å². The molecule has 2 aromatic carbocycles. The molecule has 2 aromatic heterocycles. The second kappa shape index (κ2) is 10.9. The predicted octanol–water partition coefficient (Wildman–Crippen LogP) is 5.06. The van der Waals surface area contributed by atoms with Gasteiger partial charge in [0.1, 0.15) is 23.8 Å². The maximum atomic E-state index is 13.5. The van der Waals surface area contributed by atoms with Crippen molar-refractivity contribution >= 4 is 22.6 Å². The van der Waals surface area contributed by atoms with Crippen molar-refractivity contribution in [2.45, 2.75) is 51.5 Å². The number of imidazole rings is 1. The topological polar surface area (TPSA) is 91.9 Å². The lowest BCUT2D eigenvalue weighted by Gasteiger charge is -2.14. The monoisotopic (exact) mass is 461 g/mol. The number of benzene rings is 2. The van der Waals surface area contributed by atoms with Gasteiger partial charge in [0.05, 0.1) is 6.42 Å². The number of fused-ring (bicyclic) bond motifs is 1. The number of hydrogen-bond donors (Lipinski definition) is 3. The zero-order chi connectivity index (χ0) is 23.9. The van der Waals surface area contributed by atoms with Crippen LogP contribution >= 0.6 is 0 Å². The van der Waals surface area contributed by atoms with E-state index in [-0.39, 0.29) is 30.0 Å². The van der Waals surface area contributed by atoms with E-state index in [2.05, 4.69) is 20.3 Å². The van der Waals surface area contributed by atoms with E-state index in [0.717, 1.165) is 53.7 Å². The van der Waals surface area contributed by atoms with Crippen molar-refractivity contribution in [1.29, 1.82) is 0 Å². The number of hydrogen-bond acceptors (Lipinski definition) is 2. The third kappa shape index (κ3) is 5.98. The van der Waals surface area contributed by atoms with Crippen molar-refractivity contribution in [1.82, 2.24) is 15.3 Å². The van der Waals surface area contributed by atoms with Crippen molar-refractivity contribution in [2.75, 3.05) is 0 Å². The molecular formula is C27H30FN4O2+. The lowest BCUT2D eigenvalue weighted by atomic mass is 10.0. The first kappa shape index (κ1) is 23.4. The van der Waals surface area contributed by atoms with E-state index in [9.17, 15) is 14.0 Å². The molecule has 6 nitrogen and oxygen atoms in total. The lowest BCUT2D eigenvalue weighted by Crippen LogP contribution is -2.33. The minimum atomic E-state index is -0.313. The maximum Gasteiger partial charge on any atom is 0.275 e. The summed E-state index contributed by atoms with van der Waals surface area (Å²) in [5.41, 5.74) is 3.51. The molecule has 2 heterocycles. The first-order chi connectivity index (χ1) is 16.5. The number of unbranched alkanes of at least 4 members (excludes halogenated alkanes) is 2. The average molecular weight is 462 g/mol. The second-order valence-electron chi connectivity index (χ2n) is 8.71. The molecule has 0 bridgehead atoms. The summed E-state index contributed by atoms with van der Waals surface area (Å²) >= 11 is 0. The number of carbonyl (C=O) groups is 2. The quantitative estimate of drug-likeness (QED) is 0.273. The molecule has 0 aliphatic rings. The zero-order valence-corrected chi connectivity index (χ0v) is 19.3. The second-order valence-corrected chi connectivity index (χ2v) is 8.71. The van der Waals surface area contributed by atoms with E-state index < -0.39 is 0 Å². The number of H-pyrrole nitrogens is 3. The third-order valence-corrected chi connectivity index (χ3v) is 6.01. The Balaban J connectivity index is 1.46. The van der Waals surface area contributed by atoms with Crippen LogP contribution in [-0.2, 0) is 16.0 Å². The molecule has 4 rings (SSSR count). The Kier molecular flexibility index (Phi) is 7.52. The SMILES string of the molecule is CC(=O)CCCCC[C@H](NC(=O)Cc1c[nH]c2cc(F)ccc12)c1[nH]c(-c2ccccc2)c[nH+]1. The molecule has 176 valence electrons. The van der Waals surface area contributed by atoms with Crippen molar-refractivity contribution < 1.29 is 19.0 Å².